The molecule has 0 saturated carbocycles. The maximum absolute atomic E-state index is 12.6. The maximum Gasteiger partial charge on any atom is 0.227 e. The largest absolute Gasteiger partial charge is 0.493 e. The van der Waals surface area contributed by atoms with E-state index in [1.165, 1.54) is 0 Å². The first-order valence-electron chi connectivity index (χ1n) is 8.55. The van der Waals surface area contributed by atoms with Crippen LogP contribution in [0.5, 0.6) is 11.5 Å². The molecule has 0 aliphatic carbocycles. The molecule has 2 rings (SSSR count). The first-order valence-corrected chi connectivity index (χ1v) is 8.55. The highest BCUT2D eigenvalue weighted by atomic mass is 35.5. The number of carbonyl (C=O) groups is 2. The smallest absolute Gasteiger partial charge is 0.227 e. The van der Waals surface area contributed by atoms with Crippen LogP contribution < -0.4 is 20.5 Å². The van der Waals surface area contributed by atoms with E-state index in [-0.39, 0.29) is 36.6 Å². The number of hydrogen-bond donors (Lipinski definition) is 2. The van der Waals surface area contributed by atoms with Gasteiger partial charge in [-0.05, 0) is 30.5 Å². The molecule has 26 heavy (non-hydrogen) atoms. The summed E-state index contributed by atoms with van der Waals surface area (Å²) in [5.74, 6) is 1.08. The Balaban J connectivity index is 0.00000338. The number of ether oxygens (including phenoxy) is 2. The number of rotatable bonds is 7. The summed E-state index contributed by atoms with van der Waals surface area (Å²) in [6, 6.07) is 5.46. The number of piperidine rings is 1. The van der Waals surface area contributed by atoms with Crippen LogP contribution >= 0.6 is 12.4 Å². The number of carbonyl (C=O) groups excluding carboxylic acids is 2. The summed E-state index contributed by atoms with van der Waals surface area (Å²) in [5.41, 5.74) is 6.27. The van der Waals surface area contributed by atoms with Gasteiger partial charge < -0.3 is 25.4 Å². The standard InChI is InChI=1S/C18H27N3O4.ClH/c1-24-15-6-5-13(10-16(15)25-2)11-17(22)21-9-3-4-14(12-21)18(23)20-8-7-19;/h5-6,10,14H,3-4,7-9,11-12,19H2,1-2H3,(H,20,23);1H. The minimum absolute atomic E-state index is 0. The van der Waals surface area contributed by atoms with E-state index in [2.05, 4.69) is 5.32 Å². The Labute approximate surface area is 160 Å². The first kappa shape index (κ1) is 22.1. The molecule has 7 nitrogen and oxygen atoms in total. The van der Waals surface area contributed by atoms with E-state index in [9.17, 15) is 9.59 Å². The molecule has 1 saturated heterocycles. The monoisotopic (exact) mass is 385 g/mol. The van der Waals surface area contributed by atoms with E-state index >= 15 is 0 Å². The van der Waals surface area contributed by atoms with Crippen molar-refractivity contribution in [1.29, 1.82) is 0 Å². The topological polar surface area (TPSA) is 93.9 Å². The lowest BCUT2D eigenvalue weighted by molar-refractivity contribution is -0.135. The third-order valence-electron chi connectivity index (χ3n) is 4.39. The number of hydrogen-bond acceptors (Lipinski definition) is 5. The molecule has 1 aliphatic heterocycles. The Hall–Kier alpha value is -1.99. The zero-order chi connectivity index (χ0) is 18.2. The Morgan fingerprint density at radius 1 is 1.27 bits per heavy atom. The Morgan fingerprint density at radius 2 is 2.00 bits per heavy atom. The van der Waals surface area contributed by atoms with Gasteiger partial charge in [-0.3, -0.25) is 9.59 Å². The minimum atomic E-state index is -0.158. The lowest BCUT2D eigenvalue weighted by atomic mass is 9.96. The van der Waals surface area contributed by atoms with Gasteiger partial charge in [0.15, 0.2) is 11.5 Å². The van der Waals surface area contributed by atoms with Gasteiger partial charge >= 0.3 is 0 Å². The molecule has 1 heterocycles. The van der Waals surface area contributed by atoms with Crippen LogP contribution in [-0.4, -0.2) is 57.1 Å². The van der Waals surface area contributed by atoms with Crippen molar-refractivity contribution >= 4 is 24.2 Å². The summed E-state index contributed by atoms with van der Waals surface area (Å²) in [7, 11) is 3.14. The average Bonchev–Trinajstić information content (AvgIpc) is 2.65. The van der Waals surface area contributed by atoms with Crippen molar-refractivity contribution in [2.75, 3.05) is 40.4 Å². The van der Waals surface area contributed by atoms with Gasteiger partial charge in [0.2, 0.25) is 11.8 Å². The number of nitrogens with one attached hydrogen (secondary N) is 1. The molecule has 1 aromatic carbocycles. The number of benzene rings is 1. The molecule has 0 aromatic heterocycles. The summed E-state index contributed by atoms with van der Waals surface area (Å²) in [4.78, 5) is 26.5. The van der Waals surface area contributed by atoms with Gasteiger partial charge in [-0.15, -0.1) is 12.4 Å². The number of nitrogens with zero attached hydrogens (tertiary/aromatic N) is 1. The Kier molecular flexibility index (Phi) is 9.23. The zero-order valence-corrected chi connectivity index (χ0v) is 16.1. The van der Waals surface area contributed by atoms with Crippen molar-refractivity contribution in [2.24, 2.45) is 11.7 Å². The highest BCUT2D eigenvalue weighted by Gasteiger charge is 2.28. The van der Waals surface area contributed by atoms with Gasteiger partial charge in [0, 0.05) is 26.2 Å². The van der Waals surface area contributed by atoms with Crippen molar-refractivity contribution in [2.45, 2.75) is 19.3 Å². The quantitative estimate of drug-likeness (QED) is 0.729. The molecule has 2 amide bonds. The van der Waals surface area contributed by atoms with E-state index < -0.39 is 0 Å². The molecule has 1 aliphatic rings. The van der Waals surface area contributed by atoms with Crippen molar-refractivity contribution in [3.63, 3.8) is 0 Å². The summed E-state index contributed by atoms with van der Waals surface area (Å²) in [6.45, 7) is 2.03. The molecule has 1 unspecified atom stereocenters. The normalized spacial score (nSPS) is 16.4. The second kappa shape index (κ2) is 10.9. The second-order valence-corrected chi connectivity index (χ2v) is 6.12. The molecular weight excluding hydrogens is 358 g/mol. The number of nitrogens with two attached hydrogens (primary N) is 1. The minimum Gasteiger partial charge on any atom is -0.493 e. The fourth-order valence-corrected chi connectivity index (χ4v) is 3.03. The SMILES string of the molecule is COc1ccc(CC(=O)N2CCCC(C(=O)NCCN)C2)cc1OC.Cl. The van der Waals surface area contributed by atoms with Gasteiger partial charge in [0.1, 0.15) is 0 Å². The van der Waals surface area contributed by atoms with Crippen LogP contribution in [0, 0.1) is 5.92 Å². The van der Waals surface area contributed by atoms with E-state index in [1.807, 2.05) is 12.1 Å². The Bertz CT molecular complexity index is 612. The van der Waals surface area contributed by atoms with Crippen LogP contribution in [-0.2, 0) is 16.0 Å². The van der Waals surface area contributed by atoms with Gasteiger partial charge in [-0.2, -0.15) is 0 Å². The van der Waals surface area contributed by atoms with Crippen LogP contribution in [0.2, 0.25) is 0 Å². The maximum atomic E-state index is 12.6. The Morgan fingerprint density at radius 3 is 2.65 bits per heavy atom. The molecule has 0 radical (unpaired) electrons. The van der Waals surface area contributed by atoms with Gasteiger partial charge in [0.05, 0.1) is 26.6 Å². The van der Waals surface area contributed by atoms with Crippen LogP contribution in [0.25, 0.3) is 0 Å². The van der Waals surface area contributed by atoms with E-state index in [0.717, 1.165) is 18.4 Å². The average molecular weight is 386 g/mol. The van der Waals surface area contributed by atoms with Crippen LogP contribution in [0.15, 0.2) is 18.2 Å². The highest BCUT2D eigenvalue weighted by Crippen LogP contribution is 2.28. The van der Waals surface area contributed by atoms with Crippen molar-refractivity contribution < 1.29 is 19.1 Å². The van der Waals surface area contributed by atoms with Crippen LogP contribution in [0.1, 0.15) is 18.4 Å². The van der Waals surface area contributed by atoms with Crippen LogP contribution in [0.3, 0.4) is 0 Å². The number of halogens is 1. The molecule has 0 bridgehead atoms. The number of amides is 2. The summed E-state index contributed by atoms with van der Waals surface area (Å²) < 4.78 is 10.5. The lowest BCUT2D eigenvalue weighted by Gasteiger charge is -2.32. The molecule has 1 atom stereocenters. The van der Waals surface area contributed by atoms with Crippen molar-refractivity contribution in [1.82, 2.24) is 10.2 Å². The molecule has 3 N–H and O–H groups in total. The molecule has 1 fully saturated rings. The zero-order valence-electron chi connectivity index (χ0n) is 15.3. The highest BCUT2D eigenvalue weighted by molar-refractivity contribution is 5.85. The third-order valence-corrected chi connectivity index (χ3v) is 4.39. The molecule has 8 heteroatoms. The van der Waals surface area contributed by atoms with Gasteiger partial charge in [-0.1, -0.05) is 6.07 Å². The van der Waals surface area contributed by atoms with E-state index in [0.29, 0.717) is 37.7 Å². The fourth-order valence-electron chi connectivity index (χ4n) is 3.03. The fraction of sp³-hybridized carbons (Fsp3) is 0.556. The van der Waals surface area contributed by atoms with Crippen molar-refractivity contribution in [3.8, 4) is 11.5 Å². The number of likely N-dealkylation sites (tertiary alicyclic amines) is 1. The summed E-state index contributed by atoms with van der Waals surface area (Å²) in [5, 5.41) is 2.81. The van der Waals surface area contributed by atoms with Gasteiger partial charge in [-0.25, -0.2) is 0 Å². The lowest BCUT2D eigenvalue weighted by Crippen LogP contribution is -2.46. The van der Waals surface area contributed by atoms with Crippen LogP contribution in [0.4, 0.5) is 0 Å². The second-order valence-electron chi connectivity index (χ2n) is 6.12. The summed E-state index contributed by atoms with van der Waals surface area (Å²) >= 11 is 0. The van der Waals surface area contributed by atoms with Gasteiger partial charge in [0.25, 0.3) is 0 Å². The number of methoxy groups -OCH3 is 2. The van der Waals surface area contributed by atoms with Crippen molar-refractivity contribution in [3.05, 3.63) is 23.8 Å². The molecule has 146 valence electrons. The van der Waals surface area contributed by atoms with E-state index in [4.69, 9.17) is 15.2 Å². The summed E-state index contributed by atoms with van der Waals surface area (Å²) in [6.07, 6.45) is 1.91. The van der Waals surface area contributed by atoms with E-state index in [1.54, 1.807) is 25.2 Å². The first-order chi connectivity index (χ1) is 12.1. The molecule has 0 spiro atoms. The predicted octanol–water partition coefficient (Wildman–Crippen LogP) is 0.982. The molecule has 1 aromatic rings. The predicted molar refractivity (Wildman–Crippen MR) is 102 cm³/mol. The molecular formula is C18H28ClN3O4. The third kappa shape index (κ3) is 5.78.